The van der Waals surface area contributed by atoms with Gasteiger partial charge in [0.05, 0.1) is 24.3 Å². The van der Waals surface area contributed by atoms with Crippen molar-refractivity contribution in [3.05, 3.63) is 34.8 Å². The molecule has 6 heteroatoms. The summed E-state index contributed by atoms with van der Waals surface area (Å²) in [5.41, 5.74) is 1.38. The molecule has 0 radical (unpaired) electrons. The molecule has 2 aliphatic rings. The van der Waals surface area contributed by atoms with Crippen molar-refractivity contribution in [3.8, 4) is 0 Å². The van der Waals surface area contributed by atoms with Gasteiger partial charge in [0.1, 0.15) is 0 Å². The number of carbonyl (C=O) groups is 1. The smallest absolute Gasteiger partial charge is 0.408 e. The Morgan fingerprint density at radius 2 is 2.04 bits per heavy atom. The molecule has 0 N–H and O–H groups in total. The number of hydrogen-bond acceptors (Lipinski definition) is 4. The Morgan fingerprint density at radius 3 is 2.96 bits per heavy atom. The molecular weight excluding hydrogens is 320 g/mol. The third kappa shape index (κ3) is 3.23. The van der Waals surface area contributed by atoms with E-state index in [9.17, 15) is 9.59 Å². The lowest BCUT2D eigenvalue weighted by Crippen LogP contribution is -2.54. The number of para-hydroxylation sites is 2. The van der Waals surface area contributed by atoms with Crippen molar-refractivity contribution in [2.24, 2.45) is 0 Å². The largest absolute Gasteiger partial charge is 0.419 e. The first-order valence-corrected chi connectivity index (χ1v) is 9.23. The van der Waals surface area contributed by atoms with Gasteiger partial charge in [-0.15, -0.1) is 0 Å². The maximum absolute atomic E-state index is 12.7. The maximum Gasteiger partial charge on any atom is 0.419 e. The van der Waals surface area contributed by atoms with Crippen molar-refractivity contribution >= 4 is 17.0 Å². The lowest BCUT2D eigenvalue weighted by Gasteiger charge is -2.43. The molecule has 1 saturated carbocycles. The van der Waals surface area contributed by atoms with Crippen molar-refractivity contribution in [2.75, 3.05) is 13.2 Å². The van der Waals surface area contributed by atoms with Crippen LogP contribution in [0.4, 0.5) is 0 Å². The van der Waals surface area contributed by atoms with E-state index >= 15 is 0 Å². The average Bonchev–Trinajstić information content (AvgIpc) is 2.96. The molecule has 2 aromatic rings. The first-order valence-electron chi connectivity index (χ1n) is 9.23. The summed E-state index contributed by atoms with van der Waals surface area (Å²) in [7, 11) is 0. The number of benzene rings is 1. The third-order valence-corrected chi connectivity index (χ3v) is 5.40. The summed E-state index contributed by atoms with van der Waals surface area (Å²) in [6, 6.07) is 7.63. The third-order valence-electron chi connectivity index (χ3n) is 5.40. The van der Waals surface area contributed by atoms with Crippen molar-refractivity contribution < 1.29 is 13.9 Å². The minimum atomic E-state index is -0.354. The summed E-state index contributed by atoms with van der Waals surface area (Å²) in [5.74, 6) is -0.173. The van der Waals surface area contributed by atoms with Gasteiger partial charge >= 0.3 is 5.76 Å². The number of carbonyl (C=O) groups excluding carboxylic acids is 1. The Hall–Kier alpha value is -2.08. The first-order chi connectivity index (χ1) is 12.2. The van der Waals surface area contributed by atoms with Crippen LogP contribution >= 0.6 is 0 Å². The predicted molar refractivity (Wildman–Crippen MR) is 93.4 cm³/mol. The summed E-state index contributed by atoms with van der Waals surface area (Å²) in [5, 5.41) is 0. The van der Waals surface area contributed by atoms with Gasteiger partial charge in [0, 0.05) is 19.5 Å². The van der Waals surface area contributed by atoms with Crippen LogP contribution in [-0.4, -0.2) is 40.7 Å². The number of aryl methyl sites for hydroxylation is 1. The highest BCUT2D eigenvalue weighted by Gasteiger charge is 2.36. The number of nitrogens with zero attached hydrogens (tertiary/aromatic N) is 2. The maximum atomic E-state index is 12.7. The van der Waals surface area contributed by atoms with Crippen LogP contribution in [0, 0.1) is 0 Å². The number of hydrogen-bond donors (Lipinski definition) is 0. The number of ether oxygens (including phenoxy) is 1. The molecule has 2 fully saturated rings. The lowest BCUT2D eigenvalue weighted by atomic mass is 9.90. The zero-order valence-electron chi connectivity index (χ0n) is 14.4. The molecule has 4 rings (SSSR count). The number of morpholine rings is 1. The molecule has 6 nitrogen and oxygen atoms in total. The lowest BCUT2D eigenvalue weighted by molar-refractivity contribution is -0.149. The predicted octanol–water partition coefficient (Wildman–Crippen LogP) is 2.54. The average molecular weight is 344 g/mol. The number of rotatable bonds is 4. The van der Waals surface area contributed by atoms with E-state index in [0.29, 0.717) is 38.1 Å². The van der Waals surface area contributed by atoms with Crippen LogP contribution in [0.2, 0.25) is 0 Å². The highest BCUT2D eigenvalue weighted by Crippen LogP contribution is 2.29. The first kappa shape index (κ1) is 16.4. The summed E-state index contributed by atoms with van der Waals surface area (Å²) in [6.07, 6.45) is 5.77. The Balaban J connectivity index is 1.38. The molecule has 1 aromatic carbocycles. The molecule has 1 saturated heterocycles. The van der Waals surface area contributed by atoms with E-state index in [1.54, 1.807) is 10.6 Å². The second-order valence-corrected chi connectivity index (χ2v) is 6.94. The van der Waals surface area contributed by atoms with E-state index in [0.717, 1.165) is 18.4 Å². The Morgan fingerprint density at radius 1 is 1.20 bits per heavy atom. The summed E-state index contributed by atoms with van der Waals surface area (Å²) >= 11 is 0. The van der Waals surface area contributed by atoms with Gasteiger partial charge in [-0.1, -0.05) is 25.0 Å². The van der Waals surface area contributed by atoms with Crippen LogP contribution in [0.1, 0.15) is 38.5 Å². The number of amides is 1. The molecule has 2 heterocycles. The zero-order valence-corrected chi connectivity index (χ0v) is 14.4. The molecule has 1 amide bonds. The van der Waals surface area contributed by atoms with Crippen LogP contribution in [0.5, 0.6) is 0 Å². The van der Waals surface area contributed by atoms with Gasteiger partial charge in [-0.3, -0.25) is 9.36 Å². The molecule has 1 aromatic heterocycles. The fraction of sp³-hybridized carbons (Fsp3) is 0.579. The van der Waals surface area contributed by atoms with Crippen LogP contribution in [0.25, 0.3) is 11.1 Å². The summed E-state index contributed by atoms with van der Waals surface area (Å²) < 4.78 is 12.7. The second kappa shape index (κ2) is 7.04. The van der Waals surface area contributed by atoms with Gasteiger partial charge in [0.25, 0.3) is 0 Å². The molecule has 25 heavy (non-hydrogen) atoms. The normalized spacial score (nSPS) is 23.6. The Bertz CT molecular complexity index is 807. The fourth-order valence-corrected chi connectivity index (χ4v) is 4.16. The molecule has 0 unspecified atom stereocenters. The van der Waals surface area contributed by atoms with Crippen molar-refractivity contribution in [1.82, 2.24) is 9.47 Å². The zero-order chi connectivity index (χ0) is 17.2. The van der Waals surface area contributed by atoms with Gasteiger partial charge < -0.3 is 14.1 Å². The van der Waals surface area contributed by atoms with E-state index in [2.05, 4.69) is 0 Å². The van der Waals surface area contributed by atoms with Crippen LogP contribution in [0.15, 0.2) is 33.5 Å². The van der Waals surface area contributed by atoms with Crippen LogP contribution in [-0.2, 0) is 16.1 Å². The van der Waals surface area contributed by atoms with Gasteiger partial charge in [0.15, 0.2) is 5.58 Å². The number of aromatic nitrogens is 1. The van der Waals surface area contributed by atoms with E-state index < -0.39 is 0 Å². The highest BCUT2D eigenvalue weighted by atomic mass is 16.5. The SMILES string of the molecule is O=C(CCCn1c(=O)oc2ccccc21)N1CCO[C@H]2CCCC[C@@H]21. The quantitative estimate of drug-likeness (QED) is 0.855. The van der Waals surface area contributed by atoms with Gasteiger partial charge in [-0.25, -0.2) is 4.79 Å². The molecule has 134 valence electrons. The number of fused-ring (bicyclic) bond motifs is 2. The van der Waals surface area contributed by atoms with Crippen molar-refractivity contribution in [2.45, 2.75) is 57.2 Å². The molecule has 0 spiro atoms. The van der Waals surface area contributed by atoms with Crippen molar-refractivity contribution in [3.63, 3.8) is 0 Å². The monoisotopic (exact) mass is 344 g/mol. The van der Waals surface area contributed by atoms with Crippen molar-refractivity contribution in [1.29, 1.82) is 0 Å². The van der Waals surface area contributed by atoms with E-state index in [-0.39, 0.29) is 23.8 Å². The molecule has 0 bridgehead atoms. The highest BCUT2D eigenvalue weighted by molar-refractivity contribution is 5.77. The molecular formula is C19H24N2O4. The fourth-order valence-electron chi connectivity index (χ4n) is 4.16. The molecule has 2 atom stereocenters. The molecule has 1 aliphatic carbocycles. The van der Waals surface area contributed by atoms with Gasteiger partial charge in [-0.2, -0.15) is 0 Å². The Labute approximate surface area is 146 Å². The van der Waals surface area contributed by atoms with Crippen LogP contribution in [0.3, 0.4) is 0 Å². The minimum absolute atomic E-state index is 0.182. The Kier molecular flexibility index (Phi) is 4.61. The molecule has 1 aliphatic heterocycles. The minimum Gasteiger partial charge on any atom is -0.408 e. The van der Waals surface area contributed by atoms with E-state index in [1.165, 1.54) is 12.8 Å². The number of oxazole rings is 1. The van der Waals surface area contributed by atoms with Gasteiger partial charge in [-0.05, 0) is 31.4 Å². The summed E-state index contributed by atoms with van der Waals surface area (Å²) in [6.45, 7) is 1.83. The standard InChI is InChI=1S/C19H24N2O4/c22-18(20-12-13-24-16-8-3-1-6-14(16)20)10-5-11-21-15-7-2-4-9-17(15)25-19(21)23/h2,4,7,9,14,16H,1,3,5-6,8,10-13H2/t14-,16-/m0/s1. The van der Waals surface area contributed by atoms with Gasteiger partial charge in [0.2, 0.25) is 5.91 Å². The second-order valence-electron chi connectivity index (χ2n) is 6.94. The van der Waals surface area contributed by atoms with E-state index in [4.69, 9.17) is 9.15 Å². The van der Waals surface area contributed by atoms with Crippen LogP contribution < -0.4 is 5.76 Å². The summed E-state index contributed by atoms with van der Waals surface area (Å²) in [4.78, 5) is 26.7. The van der Waals surface area contributed by atoms with E-state index in [1.807, 2.05) is 23.1 Å². The topological polar surface area (TPSA) is 64.7 Å².